The second-order valence-electron chi connectivity index (χ2n) is 7.79. The third-order valence-electron chi connectivity index (χ3n) is 4.89. The first-order valence-corrected chi connectivity index (χ1v) is 17.9. The SMILES string of the molecule is CC(CSc1cccc(SCC(C)C2SCCS2)c1)C1SCCS1.Sc1cccc(S)c1. The monoisotopic (exact) mass is 576 g/mol. The van der Waals surface area contributed by atoms with E-state index in [2.05, 4.69) is 110 Å². The number of rotatable bonds is 8. The summed E-state index contributed by atoms with van der Waals surface area (Å²) in [7, 11) is 0. The molecule has 2 aromatic carbocycles. The fourth-order valence-electron chi connectivity index (χ4n) is 3.17. The average molecular weight is 577 g/mol. The molecular weight excluding hydrogens is 545 g/mol. The molecule has 2 unspecified atom stereocenters. The van der Waals surface area contributed by atoms with E-state index in [9.17, 15) is 0 Å². The van der Waals surface area contributed by atoms with E-state index in [1.165, 1.54) is 44.3 Å². The quantitative estimate of drug-likeness (QED) is 0.236. The average Bonchev–Trinajstić information content (AvgIpc) is 3.51. The predicted octanol–water partition coefficient (Wildman–Crippen LogP) is 9.02. The maximum Gasteiger partial charge on any atom is 0.0536 e. The molecule has 0 aromatic heterocycles. The van der Waals surface area contributed by atoms with Crippen molar-refractivity contribution in [3.8, 4) is 0 Å². The van der Waals surface area contributed by atoms with Crippen molar-refractivity contribution >= 4 is 95.8 Å². The molecule has 2 fully saturated rings. The molecule has 0 aliphatic carbocycles. The lowest BCUT2D eigenvalue weighted by atomic mass is 10.3. The van der Waals surface area contributed by atoms with Crippen LogP contribution in [0.5, 0.6) is 0 Å². The molecule has 2 saturated heterocycles. The Morgan fingerprint density at radius 2 is 1.12 bits per heavy atom. The fraction of sp³-hybridized carbons (Fsp3) is 0.500. The van der Waals surface area contributed by atoms with Crippen molar-refractivity contribution in [2.75, 3.05) is 34.5 Å². The summed E-state index contributed by atoms with van der Waals surface area (Å²) < 4.78 is 1.63. The highest BCUT2D eigenvalue weighted by Gasteiger charge is 2.24. The van der Waals surface area contributed by atoms with Crippen LogP contribution in [-0.4, -0.2) is 43.7 Å². The van der Waals surface area contributed by atoms with Gasteiger partial charge in [-0.3, -0.25) is 0 Å². The van der Waals surface area contributed by atoms with Crippen LogP contribution in [0.4, 0.5) is 0 Å². The Morgan fingerprint density at radius 3 is 1.50 bits per heavy atom. The molecule has 2 atom stereocenters. The van der Waals surface area contributed by atoms with Gasteiger partial charge in [0.2, 0.25) is 0 Å². The lowest BCUT2D eigenvalue weighted by molar-refractivity contribution is 0.736. The van der Waals surface area contributed by atoms with E-state index in [0.29, 0.717) is 0 Å². The Labute approximate surface area is 231 Å². The largest absolute Gasteiger partial charge is 0.146 e. The minimum absolute atomic E-state index is 0.792. The Bertz CT molecular complexity index is 744. The van der Waals surface area contributed by atoms with Crippen LogP contribution in [0.2, 0.25) is 0 Å². The van der Waals surface area contributed by atoms with Gasteiger partial charge in [-0.15, -0.1) is 95.8 Å². The topological polar surface area (TPSA) is 0 Å². The molecule has 0 amide bonds. The van der Waals surface area contributed by atoms with Gasteiger partial charge in [0.25, 0.3) is 0 Å². The Hall–Kier alpha value is 1.24. The lowest BCUT2D eigenvalue weighted by Gasteiger charge is -2.18. The number of hydrogen-bond acceptors (Lipinski definition) is 8. The predicted molar refractivity (Wildman–Crippen MR) is 165 cm³/mol. The van der Waals surface area contributed by atoms with Crippen molar-refractivity contribution in [3.63, 3.8) is 0 Å². The van der Waals surface area contributed by atoms with E-state index in [4.69, 9.17) is 0 Å². The van der Waals surface area contributed by atoms with Crippen LogP contribution in [0.3, 0.4) is 0 Å². The van der Waals surface area contributed by atoms with E-state index < -0.39 is 0 Å². The summed E-state index contributed by atoms with van der Waals surface area (Å²) in [5.74, 6) is 9.42. The maximum atomic E-state index is 4.11. The van der Waals surface area contributed by atoms with Gasteiger partial charge in [-0.05, 0) is 48.2 Å². The van der Waals surface area contributed by atoms with Gasteiger partial charge in [0.15, 0.2) is 0 Å². The van der Waals surface area contributed by atoms with Crippen LogP contribution in [0.1, 0.15) is 13.8 Å². The highest BCUT2D eigenvalue weighted by Crippen LogP contribution is 2.41. The summed E-state index contributed by atoms with van der Waals surface area (Å²) in [5, 5.41) is 0. The summed E-state index contributed by atoms with van der Waals surface area (Å²) in [6.07, 6.45) is 0. The van der Waals surface area contributed by atoms with Crippen LogP contribution in [0.15, 0.2) is 68.1 Å². The number of thiol groups is 2. The van der Waals surface area contributed by atoms with E-state index >= 15 is 0 Å². The first-order valence-electron chi connectivity index (χ1n) is 10.8. The minimum Gasteiger partial charge on any atom is -0.146 e. The van der Waals surface area contributed by atoms with Gasteiger partial charge in [-0.2, -0.15) is 0 Å². The van der Waals surface area contributed by atoms with E-state index in [-0.39, 0.29) is 0 Å². The standard InChI is InChI=1S/C18H26S6.C6H6S2/c1-13(17-19-6-7-20-17)11-23-15-4-3-5-16(10-15)24-12-14(2)18-21-8-9-22-18;7-5-2-1-3-6(8)4-5/h3-5,10,13-14,17-18H,6-9,11-12H2,1-2H3;1-4,7-8H. The van der Waals surface area contributed by atoms with Crippen molar-refractivity contribution in [3.05, 3.63) is 48.5 Å². The molecule has 2 heterocycles. The third-order valence-corrected chi connectivity index (χ3v) is 15.1. The second kappa shape index (κ2) is 15.4. The molecular formula is C24H32S8. The molecule has 0 N–H and O–H groups in total. The highest BCUT2D eigenvalue weighted by atomic mass is 32.2. The molecule has 2 aromatic rings. The van der Waals surface area contributed by atoms with Crippen LogP contribution in [0.25, 0.3) is 0 Å². The molecule has 8 heteroatoms. The maximum absolute atomic E-state index is 4.11. The molecule has 0 bridgehead atoms. The van der Waals surface area contributed by atoms with Gasteiger partial charge in [0.05, 0.1) is 9.16 Å². The Balaban J connectivity index is 0.000000305. The Morgan fingerprint density at radius 1 is 0.719 bits per heavy atom. The van der Waals surface area contributed by atoms with Gasteiger partial charge in [0.1, 0.15) is 0 Å². The van der Waals surface area contributed by atoms with Gasteiger partial charge < -0.3 is 0 Å². The number of thioether (sulfide) groups is 6. The summed E-state index contributed by atoms with van der Waals surface area (Å²) in [6.45, 7) is 4.83. The molecule has 0 nitrogen and oxygen atoms in total. The molecule has 0 spiro atoms. The summed E-state index contributed by atoms with van der Waals surface area (Å²) in [4.78, 5) is 4.80. The van der Waals surface area contributed by atoms with Crippen molar-refractivity contribution in [1.82, 2.24) is 0 Å². The van der Waals surface area contributed by atoms with Crippen molar-refractivity contribution in [2.45, 2.75) is 42.6 Å². The second-order valence-corrected chi connectivity index (χ2v) is 16.6. The van der Waals surface area contributed by atoms with Crippen LogP contribution < -0.4 is 0 Å². The minimum atomic E-state index is 0.792. The molecule has 4 rings (SSSR count). The van der Waals surface area contributed by atoms with E-state index in [0.717, 1.165) is 30.8 Å². The molecule has 2 aliphatic heterocycles. The molecule has 176 valence electrons. The zero-order chi connectivity index (χ0) is 22.8. The summed E-state index contributed by atoms with van der Waals surface area (Å²) in [5.41, 5.74) is 0. The van der Waals surface area contributed by atoms with Crippen molar-refractivity contribution < 1.29 is 0 Å². The van der Waals surface area contributed by atoms with E-state index in [1.807, 2.05) is 47.8 Å². The molecule has 32 heavy (non-hydrogen) atoms. The van der Waals surface area contributed by atoms with Crippen molar-refractivity contribution in [1.29, 1.82) is 0 Å². The summed E-state index contributed by atoms with van der Waals surface area (Å²) >= 11 is 20.9. The van der Waals surface area contributed by atoms with Gasteiger partial charge in [0, 0.05) is 54.1 Å². The molecule has 0 radical (unpaired) electrons. The first kappa shape index (κ1) is 27.8. The lowest BCUT2D eigenvalue weighted by Crippen LogP contribution is -2.10. The Kier molecular flexibility index (Phi) is 13.4. The molecule has 2 aliphatic rings. The van der Waals surface area contributed by atoms with Gasteiger partial charge >= 0.3 is 0 Å². The van der Waals surface area contributed by atoms with Crippen LogP contribution in [-0.2, 0) is 0 Å². The number of benzene rings is 2. The van der Waals surface area contributed by atoms with Crippen LogP contribution in [0, 0.1) is 11.8 Å². The highest BCUT2D eigenvalue weighted by molar-refractivity contribution is 8.20. The number of hydrogen-bond donors (Lipinski definition) is 2. The van der Waals surface area contributed by atoms with Crippen LogP contribution >= 0.6 is 95.8 Å². The van der Waals surface area contributed by atoms with Crippen molar-refractivity contribution in [2.24, 2.45) is 11.8 Å². The molecule has 0 saturated carbocycles. The first-order chi connectivity index (χ1) is 15.5. The fourth-order valence-corrected chi connectivity index (χ4v) is 12.4. The zero-order valence-corrected chi connectivity index (χ0v) is 25.2. The smallest absolute Gasteiger partial charge is 0.0536 e. The van der Waals surface area contributed by atoms with Gasteiger partial charge in [-0.25, -0.2) is 0 Å². The summed E-state index contributed by atoms with van der Waals surface area (Å²) in [6, 6.07) is 16.9. The van der Waals surface area contributed by atoms with E-state index in [1.54, 1.807) is 0 Å². The van der Waals surface area contributed by atoms with Gasteiger partial charge in [-0.1, -0.05) is 26.0 Å². The zero-order valence-electron chi connectivity index (χ0n) is 18.5. The third kappa shape index (κ3) is 10.1. The normalized spacial score (nSPS) is 18.9.